The number of aliphatic hydroxyl groups excluding tert-OH is 1. The zero-order chi connectivity index (χ0) is 28.5. The molecule has 0 aromatic heterocycles. The highest BCUT2D eigenvalue weighted by Crippen LogP contribution is 2.39. The van der Waals surface area contributed by atoms with Crippen LogP contribution in [0.2, 0.25) is 5.02 Å². The second-order valence-electron chi connectivity index (χ2n) is 8.63. The molecule has 0 bridgehead atoms. The van der Waals surface area contributed by atoms with Crippen LogP contribution >= 0.6 is 11.6 Å². The molecule has 6 nitrogen and oxygen atoms in total. The summed E-state index contributed by atoms with van der Waals surface area (Å²) in [6.45, 7) is -1.93. The smallest absolute Gasteiger partial charge is 0.387 e. The van der Waals surface area contributed by atoms with Crippen molar-refractivity contribution >= 4 is 34.0 Å². The number of hydrogen-bond acceptors (Lipinski definition) is 5. The van der Waals surface area contributed by atoms with Crippen LogP contribution in [0.4, 0.5) is 30.7 Å². The monoisotopic (exact) mass is 577 g/mol. The topological polar surface area (TPSA) is 83.0 Å². The van der Waals surface area contributed by atoms with Gasteiger partial charge in [0.1, 0.15) is 6.23 Å². The van der Waals surface area contributed by atoms with E-state index >= 15 is 0 Å². The second-order valence-corrected chi connectivity index (χ2v) is 9.03. The molecule has 39 heavy (non-hydrogen) atoms. The fourth-order valence-corrected chi connectivity index (χ4v) is 4.28. The van der Waals surface area contributed by atoms with Crippen LogP contribution < -0.4 is 10.6 Å². The normalized spacial score (nSPS) is 16.6. The number of amides is 1. The minimum absolute atomic E-state index is 0.0197. The Balaban J connectivity index is 1.54. The van der Waals surface area contributed by atoms with E-state index in [-0.39, 0.29) is 17.5 Å². The molecule has 2 unspecified atom stereocenters. The molecule has 4 rings (SSSR count). The van der Waals surface area contributed by atoms with E-state index in [4.69, 9.17) is 16.4 Å². The lowest BCUT2D eigenvalue weighted by Gasteiger charge is -2.16. The van der Waals surface area contributed by atoms with E-state index in [2.05, 4.69) is 10.5 Å². The SMILES string of the molecule is O=C(NCC(O)NCC(F)(F)F)c1ccc(C2=NOC(c3cc(Cl)c(F)c(C(F)(F)F)c3)C2)c2ccccc12. The van der Waals surface area contributed by atoms with E-state index < -0.39 is 60.1 Å². The molecule has 208 valence electrons. The van der Waals surface area contributed by atoms with Crippen molar-refractivity contribution in [3.63, 3.8) is 0 Å². The van der Waals surface area contributed by atoms with E-state index in [1.807, 2.05) is 5.32 Å². The standard InChI is InChI=1S/C25H19ClF7N3O3/c26-18-8-12(7-17(22(18)27)25(31,32)33)20-9-19(36-39-20)15-5-6-16(14-4-2-1-3-13(14)15)23(38)34-10-21(37)35-11-24(28,29)30/h1-8,20-21,35,37H,9-11H2,(H,34,38). The first-order valence-electron chi connectivity index (χ1n) is 11.3. The van der Waals surface area contributed by atoms with E-state index in [0.29, 0.717) is 28.1 Å². The lowest BCUT2D eigenvalue weighted by atomic mass is 9.93. The molecule has 1 amide bonds. The molecule has 14 heteroatoms. The molecule has 1 aliphatic rings. The van der Waals surface area contributed by atoms with Crippen LogP contribution in [0.15, 0.2) is 53.7 Å². The summed E-state index contributed by atoms with van der Waals surface area (Å²) in [7, 11) is 0. The molecule has 2 atom stereocenters. The highest BCUT2D eigenvalue weighted by molar-refractivity contribution is 6.30. The molecular weight excluding hydrogens is 559 g/mol. The van der Waals surface area contributed by atoms with Gasteiger partial charge in [0.15, 0.2) is 11.9 Å². The highest BCUT2D eigenvalue weighted by Gasteiger charge is 2.37. The predicted molar refractivity (Wildman–Crippen MR) is 128 cm³/mol. The molecule has 0 fully saturated rings. The third-order valence-corrected chi connectivity index (χ3v) is 6.15. The summed E-state index contributed by atoms with van der Waals surface area (Å²) >= 11 is 5.69. The van der Waals surface area contributed by atoms with Gasteiger partial charge in [-0.2, -0.15) is 26.3 Å². The van der Waals surface area contributed by atoms with Crippen molar-refractivity contribution in [2.45, 2.75) is 31.1 Å². The summed E-state index contributed by atoms with van der Waals surface area (Å²) in [6.07, 6.45) is -12.1. The van der Waals surface area contributed by atoms with Crippen molar-refractivity contribution in [3.8, 4) is 0 Å². The number of alkyl halides is 6. The molecule has 3 N–H and O–H groups in total. The fourth-order valence-electron chi connectivity index (χ4n) is 4.06. The van der Waals surface area contributed by atoms with Crippen LogP contribution in [-0.2, 0) is 11.0 Å². The predicted octanol–water partition coefficient (Wildman–Crippen LogP) is 5.72. The molecule has 3 aromatic rings. The summed E-state index contributed by atoms with van der Waals surface area (Å²) in [5, 5.41) is 18.2. The number of oxime groups is 1. The minimum Gasteiger partial charge on any atom is -0.387 e. The van der Waals surface area contributed by atoms with E-state index in [9.17, 15) is 40.6 Å². The van der Waals surface area contributed by atoms with Crippen molar-refractivity contribution in [3.05, 3.63) is 81.6 Å². The highest BCUT2D eigenvalue weighted by atomic mass is 35.5. The Morgan fingerprint density at radius 3 is 2.46 bits per heavy atom. The van der Waals surface area contributed by atoms with Crippen molar-refractivity contribution in [2.75, 3.05) is 13.1 Å². The van der Waals surface area contributed by atoms with Crippen LogP contribution in [-0.4, -0.2) is 42.2 Å². The molecule has 0 aliphatic carbocycles. The maximum Gasteiger partial charge on any atom is 0.419 e. The molecule has 0 saturated carbocycles. The van der Waals surface area contributed by atoms with Gasteiger partial charge in [-0.15, -0.1) is 0 Å². The molecule has 0 saturated heterocycles. The Labute approximate surface area is 221 Å². The van der Waals surface area contributed by atoms with Gasteiger partial charge in [-0.3, -0.25) is 10.1 Å². The molecular formula is C25H19ClF7N3O3. The van der Waals surface area contributed by atoms with Gasteiger partial charge in [0.25, 0.3) is 5.91 Å². The number of halogens is 8. The lowest BCUT2D eigenvalue weighted by Crippen LogP contribution is -2.44. The summed E-state index contributed by atoms with van der Waals surface area (Å²) in [5.41, 5.74) is -0.523. The van der Waals surface area contributed by atoms with E-state index in [0.717, 1.165) is 6.07 Å². The molecule has 1 aliphatic heterocycles. The van der Waals surface area contributed by atoms with Gasteiger partial charge in [0.2, 0.25) is 0 Å². The van der Waals surface area contributed by atoms with Crippen LogP contribution in [0.1, 0.15) is 39.6 Å². The zero-order valence-electron chi connectivity index (χ0n) is 19.6. The number of fused-ring (bicyclic) bond motifs is 1. The van der Waals surface area contributed by atoms with Gasteiger partial charge in [-0.05, 0) is 34.5 Å². The minimum atomic E-state index is -4.97. The summed E-state index contributed by atoms with van der Waals surface area (Å²) in [5.74, 6) is -2.25. The third kappa shape index (κ3) is 6.60. The maximum atomic E-state index is 14.0. The van der Waals surface area contributed by atoms with E-state index in [1.54, 1.807) is 30.3 Å². The maximum absolute atomic E-state index is 14.0. The average molecular weight is 578 g/mol. The Morgan fingerprint density at radius 1 is 1.10 bits per heavy atom. The van der Waals surface area contributed by atoms with Gasteiger partial charge in [-0.25, -0.2) is 4.39 Å². The van der Waals surface area contributed by atoms with Crippen LogP contribution in [0.3, 0.4) is 0 Å². The Kier molecular flexibility index (Phi) is 8.05. The van der Waals surface area contributed by atoms with Crippen LogP contribution in [0.5, 0.6) is 0 Å². The van der Waals surface area contributed by atoms with Gasteiger partial charge in [0.05, 0.1) is 29.4 Å². The fraction of sp³-hybridized carbons (Fsp3) is 0.280. The number of nitrogens with zero attached hydrogens (tertiary/aromatic N) is 1. The zero-order valence-corrected chi connectivity index (χ0v) is 20.4. The van der Waals surface area contributed by atoms with Gasteiger partial charge in [-0.1, -0.05) is 47.1 Å². The Bertz CT molecular complexity index is 1430. The second kappa shape index (κ2) is 11.0. The van der Waals surface area contributed by atoms with Crippen LogP contribution in [0, 0.1) is 5.82 Å². The first-order chi connectivity index (χ1) is 18.2. The summed E-state index contributed by atoms with van der Waals surface area (Å²) in [4.78, 5) is 18.1. The number of hydrogen-bond donors (Lipinski definition) is 3. The van der Waals surface area contributed by atoms with Crippen molar-refractivity contribution in [2.24, 2.45) is 5.16 Å². The molecule has 1 heterocycles. The molecule has 3 aromatic carbocycles. The third-order valence-electron chi connectivity index (χ3n) is 5.87. The largest absolute Gasteiger partial charge is 0.419 e. The lowest BCUT2D eigenvalue weighted by molar-refractivity contribution is -0.140. The number of carbonyl (C=O) groups excluding carboxylic acids is 1. The Hall–Kier alpha value is -3.42. The Morgan fingerprint density at radius 2 is 1.79 bits per heavy atom. The number of nitrogens with one attached hydrogen (secondary N) is 2. The van der Waals surface area contributed by atoms with Crippen molar-refractivity contribution < 1.29 is 45.5 Å². The number of benzene rings is 3. The van der Waals surface area contributed by atoms with Gasteiger partial charge in [0, 0.05) is 17.5 Å². The molecule has 0 spiro atoms. The van der Waals surface area contributed by atoms with Crippen LogP contribution in [0.25, 0.3) is 10.8 Å². The summed E-state index contributed by atoms with van der Waals surface area (Å²) in [6, 6.07) is 11.3. The quantitative estimate of drug-likeness (QED) is 0.248. The van der Waals surface area contributed by atoms with Crippen molar-refractivity contribution in [1.82, 2.24) is 10.6 Å². The van der Waals surface area contributed by atoms with E-state index in [1.165, 1.54) is 6.07 Å². The van der Waals surface area contributed by atoms with Crippen molar-refractivity contribution in [1.29, 1.82) is 0 Å². The van der Waals surface area contributed by atoms with Gasteiger partial charge < -0.3 is 15.3 Å². The first kappa shape index (κ1) is 28.6. The average Bonchev–Trinajstić information content (AvgIpc) is 3.36. The number of aliphatic hydroxyl groups is 1. The number of rotatable bonds is 7. The summed E-state index contributed by atoms with van der Waals surface area (Å²) < 4.78 is 90.5. The number of carbonyl (C=O) groups is 1. The van der Waals surface area contributed by atoms with Gasteiger partial charge >= 0.3 is 12.4 Å². The first-order valence-corrected chi connectivity index (χ1v) is 11.7. The molecule has 0 radical (unpaired) electrons.